The third kappa shape index (κ3) is 3.11. The molecule has 0 aromatic heterocycles. The molecule has 0 radical (unpaired) electrons. The molecule has 1 unspecified atom stereocenters. The van der Waals surface area contributed by atoms with Gasteiger partial charge in [-0.2, -0.15) is 0 Å². The third-order valence-corrected chi connectivity index (χ3v) is 4.99. The van der Waals surface area contributed by atoms with E-state index in [9.17, 15) is 19.7 Å². The highest BCUT2D eigenvalue weighted by atomic mass is 16.5. The topological polar surface area (TPSA) is 122 Å². The number of hydrogen-bond acceptors (Lipinski definition) is 5. The summed E-state index contributed by atoms with van der Waals surface area (Å²) in [7, 11) is -1.28. The Bertz CT molecular complexity index is 658. The average Bonchev–Trinajstić information content (AvgIpc) is 2.87. The van der Waals surface area contributed by atoms with Crippen LogP contribution in [0, 0.1) is 11.8 Å². The Kier molecular flexibility index (Phi) is 4.51. The van der Waals surface area contributed by atoms with E-state index in [4.69, 9.17) is 10.4 Å². The predicted octanol–water partition coefficient (Wildman–Crippen LogP) is 0.198. The standard InChI is InChI=1S/C16H21BN2O5/c1-8-5-10(6-12(8)18)15(20)19-13-7-9-3-2-4-11(16(21)22)14(9)24-17(13)23/h2-4,8,10,12-13,23H,5-7,18H2,1H3,(H,19,20)(H,21,22)/t8-,10?,12-,13-/m0/s1. The first-order valence-electron chi connectivity index (χ1n) is 8.12. The van der Waals surface area contributed by atoms with Gasteiger partial charge in [0.15, 0.2) is 0 Å². The minimum absolute atomic E-state index is 0.00641. The van der Waals surface area contributed by atoms with Gasteiger partial charge in [0, 0.05) is 12.0 Å². The van der Waals surface area contributed by atoms with E-state index in [2.05, 4.69) is 5.32 Å². The third-order valence-electron chi connectivity index (χ3n) is 4.99. The zero-order chi connectivity index (χ0) is 17.4. The molecular weight excluding hydrogens is 311 g/mol. The molecule has 2 aliphatic rings. The van der Waals surface area contributed by atoms with Gasteiger partial charge in [0.2, 0.25) is 5.91 Å². The highest BCUT2D eigenvalue weighted by molar-refractivity contribution is 6.47. The van der Waals surface area contributed by atoms with Gasteiger partial charge < -0.3 is 25.8 Å². The molecule has 128 valence electrons. The van der Waals surface area contributed by atoms with E-state index in [1.807, 2.05) is 6.92 Å². The number of amides is 1. The van der Waals surface area contributed by atoms with E-state index in [1.165, 1.54) is 6.07 Å². The van der Waals surface area contributed by atoms with E-state index in [-0.39, 0.29) is 29.2 Å². The Morgan fingerprint density at radius 3 is 2.75 bits per heavy atom. The van der Waals surface area contributed by atoms with Crippen molar-refractivity contribution >= 4 is 19.0 Å². The SMILES string of the molecule is C[C@H]1CC(C(=O)N[C@H]2Cc3cccc(C(=O)O)c3OB2O)C[C@@H]1N. The van der Waals surface area contributed by atoms with Gasteiger partial charge in [0.05, 0.1) is 11.5 Å². The number of hydrogen-bond donors (Lipinski definition) is 4. The molecule has 1 amide bonds. The van der Waals surface area contributed by atoms with E-state index in [0.29, 0.717) is 24.3 Å². The van der Waals surface area contributed by atoms with Crippen molar-refractivity contribution < 1.29 is 24.4 Å². The number of para-hydroxylation sites is 1. The molecule has 7 nitrogen and oxygen atoms in total. The Morgan fingerprint density at radius 2 is 2.12 bits per heavy atom. The summed E-state index contributed by atoms with van der Waals surface area (Å²) in [6.07, 6.45) is 1.69. The molecular formula is C16H21BN2O5. The zero-order valence-corrected chi connectivity index (χ0v) is 13.4. The second kappa shape index (κ2) is 6.45. The van der Waals surface area contributed by atoms with Gasteiger partial charge in [0.25, 0.3) is 0 Å². The normalized spacial score (nSPS) is 28.9. The largest absolute Gasteiger partial charge is 0.547 e. The first-order valence-corrected chi connectivity index (χ1v) is 8.12. The maximum atomic E-state index is 12.4. The van der Waals surface area contributed by atoms with Crippen LogP contribution < -0.4 is 15.7 Å². The maximum Gasteiger partial charge on any atom is 0.547 e. The lowest BCUT2D eigenvalue weighted by atomic mass is 9.72. The second-order valence-corrected chi connectivity index (χ2v) is 6.74. The Labute approximate surface area is 140 Å². The number of nitrogens with two attached hydrogens (primary N) is 1. The van der Waals surface area contributed by atoms with Gasteiger partial charge in [0.1, 0.15) is 5.75 Å². The van der Waals surface area contributed by atoms with Crippen molar-refractivity contribution in [3.8, 4) is 5.75 Å². The first kappa shape index (κ1) is 16.8. The van der Waals surface area contributed by atoms with Gasteiger partial charge in [-0.3, -0.25) is 4.79 Å². The lowest BCUT2D eigenvalue weighted by Gasteiger charge is -2.29. The number of rotatable bonds is 3. The molecule has 1 aromatic rings. The van der Waals surface area contributed by atoms with Crippen LogP contribution in [0.3, 0.4) is 0 Å². The van der Waals surface area contributed by atoms with Crippen LogP contribution in [0.4, 0.5) is 0 Å². The molecule has 5 N–H and O–H groups in total. The molecule has 8 heteroatoms. The fourth-order valence-electron chi connectivity index (χ4n) is 3.51. The number of carbonyl (C=O) groups excluding carboxylic acids is 1. The summed E-state index contributed by atoms with van der Waals surface area (Å²) in [6.45, 7) is 2.03. The number of fused-ring (bicyclic) bond motifs is 1. The monoisotopic (exact) mass is 332 g/mol. The second-order valence-electron chi connectivity index (χ2n) is 6.74. The van der Waals surface area contributed by atoms with Crippen molar-refractivity contribution in [1.82, 2.24) is 5.32 Å². The predicted molar refractivity (Wildman–Crippen MR) is 87.5 cm³/mol. The van der Waals surface area contributed by atoms with Gasteiger partial charge in [-0.1, -0.05) is 19.1 Å². The number of nitrogens with one attached hydrogen (secondary N) is 1. The van der Waals surface area contributed by atoms with Crippen molar-refractivity contribution in [1.29, 1.82) is 0 Å². The summed E-state index contributed by atoms with van der Waals surface area (Å²) >= 11 is 0. The van der Waals surface area contributed by atoms with Crippen LogP contribution in [0.2, 0.25) is 0 Å². The molecule has 0 spiro atoms. The number of benzene rings is 1. The molecule has 1 heterocycles. The van der Waals surface area contributed by atoms with E-state index >= 15 is 0 Å². The number of aromatic carboxylic acids is 1. The fourth-order valence-corrected chi connectivity index (χ4v) is 3.51. The summed E-state index contributed by atoms with van der Waals surface area (Å²) in [5.41, 5.74) is 6.63. The smallest absolute Gasteiger partial charge is 0.534 e. The van der Waals surface area contributed by atoms with Crippen LogP contribution in [-0.2, 0) is 11.2 Å². The lowest BCUT2D eigenvalue weighted by Crippen LogP contribution is -2.54. The molecule has 1 aliphatic heterocycles. The summed E-state index contributed by atoms with van der Waals surface area (Å²) < 4.78 is 5.38. The summed E-state index contributed by atoms with van der Waals surface area (Å²) in [6, 6.07) is 4.81. The van der Waals surface area contributed by atoms with Crippen LogP contribution in [0.1, 0.15) is 35.7 Å². The van der Waals surface area contributed by atoms with Crippen LogP contribution in [0.5, 0.6) is 5.75 Å². The lowest BCUT2D eigenvalue weighted by molar-refractivity contribution is -0.125. The first-order chi connectivity index (χ1) is 11.4. The highest BCUT2D eigenvalue weighted by Crippen LogP contribution is 2.32. The molecule has 0 bridgehead atoms. The van der Waals surface area contributed by atoms with Gasteiger partial charge in [-0.05, 0) is 36.8 Å². The molecule has 24 heavy (non-hydrogen) atoms. The number of carboxylic acid groups (broad SMARTS) is 1. The summed E-state index contributed by atoms with van der Waals surface area (Å²) in [4.78, 5) is 23.6. The van der Waals surface area contributed by atoms with Crippen molar-refractivity contribution in [2.75, 3.05) is 0 Å². The minimum atomic E-state index is -1.28. The quantitative estimate of drug-likeness (QED) is 0.587. The number of carbonyl (C=O) groups is 2. The number of carboxylic acids is 1. The van der Waals surface area contributed by atoms with Crippen LogP contribution in [-0.4, -0.2) is 41.1 Å². The fraction of sp³-hybridized carbons (Fsp3) is 0.500. The molecule has 4 atom stereocenters. The summed E-state index contributed by atoms with van der Waals surface area (Å²) in [5.74, 6) is -1.56. The van der Waals surface area contributed by atoms with E-state index < -0.39 is 19.0 Å². The van der Waals surface area contributed by atoms with Crippen molar-refractivity contribution in [3.63, 3.8) is 0 Å². The van der Waals surface area contributed by atoms with E-state index in [0.717, 1.165) is 6.42 Å². The molecule has 1 aromatic carbocycles. The van der Waals surface area contributed by atoms with Crippen LogP contribution in [0.15, 0.2) is 18.2 Å². The molecule has 0 saturated heterocycles. The molecule has 3 rings (SSSR count). The van der Waals surface area contributed by atoms with E-state index in [1.54, 1.807) is 12.1 Å². The zero-order valence-electron chi connectivity index (χ0n) is 13.4. The summed E-state index contributed by atoms with van der Waals surface area (Å²) in [5, 5.41) is 22.2. The van der Waals surface area contributed by atoms with Gasteiger partial charge in [-0.15, -0.1) is 0 Å². The van der Waals surface area contributed by atoms with Crippen molar-refractivity contribution in [2.45, 2.75) is 38.2 Å². The molecule has 1 aliphatic carbocycles. The highest BCUT2D eigenvalue weighted by Gasteiger charge is 2.40. The molecule has 1 fully saturated rings. The van der Waals surface area contributed by atoms with Crippen LogP contribution >= 0.6 is 0 Å². The molecule has 1 saturated carbocycles. The van der Waals surface area contributed by atoms with Crippen LogP contribution in [0.25, 0.3) is 0 Å². The Morgan fingerprint density at radius 1 is 1.38 bits per heavy atom. The average molecular weight is 332 g/mol. The van der Waals surface area contributed by atoms with Crippen molar-refractivity contribution in [3.05, 3.63) is 29.3 Å². The Hall–Kier alpha value is -2.06. The van der Waals surface area contributed by atoms with Crippen molar-refractivity contribution in [2.24, 2.45) is 17.6 Å². The minimum Gasteiger partial charge on any atom is -0.534 e. The Balaban J connectivity index is 1.72. The van der Waals surface area contributed by atoms with Gasteiger partial charge in [-0.25, -0.2) is 4.79 Å². The maximum absolute atomic E-state index is 12.4. The van der Waals surface area contributed by atoms with Gasteiger partial charge >= 0.3 is 13.1 Å².